The Balaban J connectivity index is 1.74. The number of rotatable bonds is 11. The van der Waals surface area contributed by atoms with E-state index in [1.807, 2.05) is 61.5 Å². The molecule has 0 spiro atoms. The third-order valence-electron chi connectivity index (χ3n) is 7.51. The zero-order valence-electron chi connectivity index (χ0n) is 23.9. The molecule has 0 radical (unpaired) electrons. The highest BCUT2D eigenvalue weighted by Crippen LogP contribution is 2.31. The van der Waals surface area contributed by atoms with Crippen LogP contribution in [0.5, 0.6) is 0 Å². The van der Waals surface area contributed by atoms with Crippen molar-refractivity contribution >= 4 is 50.7 Å². The molecule has 1 atom stereocenters. The molecule has 1 saturated carbocycles. The van der Waals surface area contributed by atoms with Crippen LogP contribution in [0.3, 0.4) is 0 Å². The molecule has 0 heterocycles. The van der Waals surface area contributed by atoms with E-state index >= 15 is 0 Å². The van der Waals surface area contributed by atoms with Crippen molar-refractivity contribution in [1.82, 2.24) is 10.2 Å². The molecule has 1 aliphatic carbocycles. The summed E-state index contributed by atoms with van der Waals surface area (Å²) in [6.45, 7) is 1.53. The van der Waals surface area contributed by atoms with E-state index in [4.69, 9.17) is 23.2 Å². The van der Waals surface area contributed by atoms with Gasteiger partial charge in [-0.05, 0) is 49.1 Å². The Morgan fingerprint density at radius 1 is 0.929 bits per heavy atom. The predicted octanol–water partition coefficient (Wildman–Crippen LogP) is 6.16. The van der Waals surface area contributed by atoms with Gasteiger partial charge in [-0.1, -0.05) is 103 Å². The Morgan fingerprint density at radius 2 is 1.62 bits per heavy atom. The van der Waals surface area contributed by atoms with E-state index in [9.17, 15) is 18.0 Å². The first-order valence-corrected chi connectivity index (χ1v) is 16.7. The number of nitrogens with zero attached hydrogens (tertiary/aromatic N) is 2. The molecule has 224 valence electrons. The molecular formula is C32H37Cl2N3O4S. The summed E-state index contributed by atoms with van der Waals surface area (Å²) in [5, 5.41) is 3.62. The predicted molar refractivity (Wildman–Crippen MR) is 169 cm³/mol. The van der Waals surface area contributed by atoms with Crippen molar-refractivity contribution in [1.29, 1.82) is 0 Å². The molecule has 2 amide bonds. The van der Waals surface area contributed by atoms with Gasteiger partial charge in [0.05, 0.1) is 17.0 Å². The zero-order valence-corrected chi connectivity index (χ0v) is 26.3. The SMILES string of the molecule is Cc1cccc(CN(C(=O)CN(c2cc(Cl)ccc2Cl)S(C)(=O)=O)[C@@H](Cc2ccccc2)C(=O)NC2CCCCC2)c1. The van der Waals surface area contributed by atoms with E-state index in [0.29, 0.717) is 0 Å². The monoisotopic (exact) mass is 629 g/mol. The average Bonchev–Trinajstić information content (AvgIpc) is 2.95. The Hall–Kier alpha value is -3.07. The van der Waals surface area contributed by atoms with Crippen LogP contribution in [0.2, 0.25) is 10.0 Å². The summed E-state index contributed by atoms with van der Waals surface area (Å²) in [4.78, 5) is 29.7. The van der Waals surface area contributed by atoms with Gasteiger partial charge >= 0.3 is 0 Å². The minimum atomic E-state index is -3.95. The smallest absolute Gasteiger partial charge is 0.244 e. The summed E-state index contributed by atoms with van der Waals surface area (Å²) < 4.78 is 26.9. The third-order valence-corrected chi connectivity index (χ3v) is 9.20. The normalized spacial score (nSPS) is 14.7. The molecule has 0 bridgehead atoms. The second-order valence-electron chi connectivity index (χ2n) is 10.9. The molecule has 1 aliphatic rings. The number of amides is 2. The van der Waals surface area contributed by atoms with Crippen LogP contribution < -0.4 is 9.62 Å². The summed E-state index contributed by atoms with van der Waals surface area (Å²) in [5.74, 6) is -0.781. The number of carbonyl (C=O) groups excluding carboxylic acids is 2. The fourth-order valence-corrected chi connectivity index (χ4v) is 6.67. The van der Waals surface area contributed by atoms with E-state index in [1.54, 1.807) is 6.07 Å². The molecule has 4 rings (SSSR count). The summed E-state index contributed by atoms with van der Waals surface area (Å²) >= 11 is 12.6. The molecule has 0 aliphatic heterocycles. The molecule has 7 nitrogen and oxygen atoms in total. The van der Waals surface area contributed by atoms with Gasteiger partial charge in [-0.3, -0.25) is 13.9 Å². The number of hydrogen-bond donors (Lipinski definition) is 1. The van der Waals surface area contributed by atoms with E-state index in [1.165, 1.54) is 17.0 Å². The number of aryl methyl sites for hydroxylation is 1. The van der Waals surface area contributed by atoms with Crippen LogP contribution in [-0.4, -0.2) is 50.0 Å². The second-order valence-corrected chi connectivity index (χ2v) is 13.7. The molecular weight excluding hydrogens is 593 g/mol. The topological polar surface area (TPSA) is 86.8 Å². The molecule has 0 unspecified atom stereocenters. The van der Waals surface area contributed by atoms with Gasteiger partial charge in [0.2, 0.25) is 21.8 Å². The number of anilines is 1. The second kappa shape index (κ2) is 14.4. The number of carbonyl (C=O) groups is 2. The number of sulfonamides is 1. The maximum Gasteiger partial charge on any atom is 0.244 e. The first-order valence-electron chi connectivity index (χ1n) is 14.1. The van der Waals surface area contributed by atoms with Crippen molar-refractivity contribution in [3.63, 3.8) is 0 Å². The summed E-state index contributed by atoms with van der Waals surface area (Å²) in [5.41, 5.74) is 2.83. The lowest BCUT2D eigenvalue weighted by Crippen LogP contribution is -2.55. The quantitative estimate of drug-likeness (QED) is 0.275. The number of nitrogens with one attached hydrogen (secondary N) is 1. The van der Waals surface area contributed by atoms with Crippen molar-refractivity contribution in [2.75, 3.05) is 17.1 Å². The van der Waals surface area contributed by atoms with Crippen LogP contribution in [0.25, 0.3) is 0 Å². The Labute approximate surface area is 258 Å². The van der Waals surface area contributed by atoms with Crippen LogP contribution >= 0.6 is 23.2 Å². The molecule has 0 aromatic heterocycles. The van der Waals surface area contributed by atoms with Gasteiger partial charge in [-0.15, -0.1) is 0 Å². The maximum atomic E-state index is 14.3. The summed E-state index contributed by atoms with van der Waals surface area (Å²) in [6, 6.07) is 20.9. The minimum absolute atomic E-state index is 0.0400. The van der Waals surface area contributed by atoms with Crippen molar-refractivity contribution in [3.05, 3.63) is 99.5 Å². The van der Waals surface area contributed by atoms with Crippen molar-refractivity contribution in [2.45, 2.75) is 64.1 Å². The van der Waals surface area contributed by atoms with Gasteiger partial charge in [0, 0.05) is 24.0 Å². The highest BCUT2D eigenvalue weighted by atomic mass is 35.5. The number of benzene rings is 3. The first-order chi connectivity index (χ1) is 20.0. The first kappa shape index (κ1) is 31.9. The molecule has 42 heavy (non-hydrogen) atoms. The van der Waals surface area contributed by atoms with E-state index in [0.717, 1.165) is 59.4 Å². The largest absolute Gasteiger partial charge is 0.352 e. The maximum absolute atomic E-state index is 14.3. The van der Waals surface area contributed by atoms with Crippen LogP contribution in [0.15, 0.2) is 72.8 Å². The van der Waals surface area contributed by atoms with Gasteiger partial charge in [0.25, 0.3) is 0 Å². The Bertz CT molecular complexity index is 1490. The lowest BCUT2D eigenvalue weighted by atomic mass is 9.94. The lowest BCUT2D eigenvalue weighted by molar-refractivity contribution is -0.140. The number of halogens is 2. The van der Waals surface area contributed by atoms with Gasteiger partial charge < -0.3 is 10.2 Å². The van der Waals surface area contributed by atoms with E-state index in [2.05, 4.69) is 5.32 Å². The standard InChI is InChI=1S/C32H37Cl2N3O4S/c1-23-10-9-13-25(18-23)21-36(31(38)22-37(42(2,40)41)29-20-26(33)16-17-28(29)34)30(19-24-11-5-3-6-12-24)32(39)35-27-14-7-4-8-15-27/h3,5-6,9-13,16-18,20,27,30H,4,7-8,14-15,19,21-22H2,1-2H3,(H,35,39)/t30-/m0/s1. The highest BCUT2D eigenvalue weighted by Gasteiger charge is 2.34. The lowest BCUT2D eigenvalue weighted by Gasteiger charge is -2.35. The molecule has 1 fully saturated rings. The van der Waals surface area contributed by atoms with Gasteiger partial charge in [0.1, 0.15) is 12.6 Å². The fourth-order valence-electron chi connectivity index (χ4n) is 5.38. The van der Waals surface area contributed by atoms with Gasteiger partial charge in [-0.2, -0.15) is 0 Å². The molecule has 1 N–H and O–H groups in total. The van der Waals surface area contributed by atoms with Crippen LogP contribution in [-0.2, 0) is 32.6 Å². The van der Waals surface area contributed by atoms with Crippen molar-refractivity contribution < 1.29 is 18.0 Å². The zero-order chi connectivity index (χ0) is 30.3. The summed E-state index contributed by atoms with van der Waals surface area (Å²) in [7, 11) is -3.95. The molecule has 3 aromatic rings. The van der Waals surface area contributed by atoms with Crippen LogP contribution in [0.1, 0.15) is 48.8 Å². The van der Waals surface area contributed by atoms with Gasteiger partial charge in [-0.25, -0.2) is 8.42 Å². The van der Waals surface area contributed by atoms with E-state index in [-0.39, 0.29) is 40.6 Å². The molecule has 10 heteroatoms. The molecule has 0 saturated heterocycles. The number of hydrogen-bond acceptors (Lipinski definition) is 4. The molecule has 3 aromatic carbocycles. The third kappa shape index (κ3) is 8.72. The van der Waals surface area contributed by atoms with Crippen LogP contribution in [0, 0.1) is 6.92 Å². The van der Waals surface area contributed by atoms with E-state index < -0.39 is 28.5 Å². The van der Waals surface area contributed by atoms with Gasteiger partial charge in [0.15, 0.2) is 0 Å². The Kier molecular flexibility index (Phi) is 10.9. The Morgan fingerprint density at radius 3 is 2.29 bits per heavy atom. The minimum Gasteiger partial charge on any atom is -0.352 e. The average molecular weight is 631 g/mol. The van der Waals surface area contributed by atoms with Crippen molar-refractivity contribution in [3.8, 4) is 0 Å². The van der Waals surface area contributed by atoms with Crippen LogP contribution in [0.4, 0.5) is 5.69 Å². The van der Waals surface area contributed by atoms with Crippen molar-refractivity contribution in [2.24, 2.45) is 0 Å². The fraction of sp³-hybridized carbons (Fsp3) is 0.375. The highest BCUT2D eigenvalue weighted by molar-refractivity contribution is 7.92. The summed E-state index contributed by atoms with van der Waals surface area (Å²) in [6.07, 6.45) is 6.31.